The van der Waals surface area contributed by atoms with Gasteiger partial charge in [0.1, 0.15) is 16.5 Å². The average molecular weight is 450 g/mol. The molecule has 0 saturated carbocycles. The van der Waals surface area contributed by atoms with E-state index in [4.69, 9.17) is 16.3 Å². The van der Waals surface area contributed by atoms with Crippen molar-refractivity contribution in [3.05, 3.63) is 45.6 Å². The number of rotatable bonds is 3. The average Bonchev–Trinajstić information content (AvgIpc) is 2.69. The van der Waals surface area contributed by atoms with Gasteiger partial charge in [0.05, 0.1) is 29.4 Å². The summed E-state index contributed by atoms with van der Waals surface area (Å²) in [5.74, 6) is -0.569. The summed E-state index contributed by atoms with van der Waals surface area (Å²) in [6.07, 6.45) is 0.165. The van der Waals surface area contributed by atoms with Crippen molar-refractivity contribution >= 4 is 54.8 Å². The number of sulfonamides is 1. The Morgan fingerprint density at radius 1 is 1.28 bits per heavy atom. The zero-order valence-corrected chi connectivity index (χ0v) is 15.6. The van der Waals surface area contributed by atoms with E-state index in [1.54, 1.807) is 0 Å². The standard InChI is InChI=1S/C15H11BrClFN2O4S/c16-9-6-12-13(24-4-3-15(21)19-12)7-14(9)25(22,23)20-11-2-1-8(18)5-10(11)17/h1-2,5-7,20H,3-4H2,(H,19,21). The summed E-state index contributed by atoms with van der Waals surface area (Å²) in [7, 11) is -4.03. The number of ether oxygens (including phenoxy) is 1. The number of amides is 1. The second-order valence-corrected chi connectivity index (χ2v) is 8.07. The number of benzene rings is 2. The van der Waals surface area contributed by atoms with Gasteiger partial charge < -0.3 is 10.1 Å². The van der Waals surface area contributed by atoms with Crippen molar-refractivity contribution in [2.45, 2.75) is 11.3 Å². The Labute approximate surface area is 156 Å². The predicted molar refractivity (Wildman–Crippen MR) is 95.1 cm³/mol. The van der Waals surface area contributed by atoms with Crippen LogP contribution in [0.4, 0.5) is 15.8 Å². The molecule has 0 aliphatic carbocycles. The normalized spacial score (nSPS) is 14.1. The van der Waals surface area contributed by atoms with Crippen molar-refractivity contribution < 1.29 is 22.3 Å². The first-order chi connectivity index (χ1) is 11.8. The molecule has 1 amide bonds. The van der Waals surface area contributed by atoms with Crippen molar-refractivity contribution in [3.63, 3.8) is 0 Å². The second kappa shape index (κ2) is 6.81. The SMILES string of the molecule is O=C1CCOc2cc(S(=O)(=O)Nc3ccc(F)cc3Cl)c(Br)cc2N1. The summed E-state index contributed by atoms with van der Waals surface area (Å²) >= 11 is 9.05. The van der Waals surface area contributed by atoms with E-state index in [0.29, 0.717) is 5.69 Å². The number of hydrogen-bond donors (Lipinski definition) is 2. The van der Waals surface area contributed by atoms with Gasteiger partial charge in [-0.3, -0.25) is 9.52 Å². The Hall–Kier alpha value is -1.84. The summed E-state index contributed by atoms with van der Waals surface area (Å²) < 4.78 is 46.4. The van der Waals surface area contributed by atoms with Gasteiger partial charge in [-0.25, -0.2) is 12.8 Å². The van der Waals surface area contributed by atoms with Crippen LogP contribution in [0.5, 0.6) is 5.75 Å². The monoisotopic (exact) mass is 448 g/mol. The number of anilines is 2. The Bertz CT molecular complexity index is 968. The van der Waals surface area contributed by atoms with Gasteiger partial charge >= 0.3 is 0 Å². The highest BCUT2D eigenvalue weighted by Crippen LogP contribution is 2.36. The predicted octanol–water partition coefficient (Wildman–Crippen LogP) is 3.76. The fraction of sp³-hybridized carbons (Fsp3) is 0.133. The van der Waals surface area contributed by atoms with Crippen molar-refractivity contribution in [1.29, 1.82) is 0 Å². The molecular weight excluding hydrogens is 439 g/mol. The topological polar surface area (TPSA) is 84.5 Å². The van der Waals surface area contributed by atoms with E-state index < -0.39 is 15.8 Å². The van der Waals surface area contributed by atoms with Gasteiger partial charge in [-0.2, -0.15) is 0 Å². The summed E-state index contributed by atoms with van der Waals surface area (Å²) in [6.45, 7) is 0.136. The second-order valence-electron chi connectivity index (χ2n) is 5.16. The summed E-state index contributed by atoms with van der Waals surface area (Å²) in [6, 6.07) is 6.06. The van der Waals surface area contributed by atoms with Crippen LogP contribution >= 0.6 is 27.5 Å². The zero-order chi connectivity index (χ0) is 18.2. The van der Waals surface area contributed by atoms with E-state index in [2.05, 4.69) is 26.0 Å². The number of hydrogen-bond acceptors (Lipinski definition) is 4. The third-order valence-corrected chi connectivity index (χ3v) is 6.00. The molecule has 0 unspecified atom stereocenters. The van der Waals surface area contributed by atoms with Crippen LogP contribution in [-0.4, -0.2) is 20.9 Å². The lowest BCUT2D eigenvalue weighted by molar-refractivity contribution is -0.116. The van der Waals surface area contributed by atoms with Crippen LogP contribution in [0.1, 0.15) is 6.42 Å². The van der Waals surface area contributed by atoms with Crippen LogP contribution < -0.4 is 14.8 Å². The number of carbonyl (C=O) groups excluding carboxylic acids is 1. The highest BCUT2D eigenvalue weighted by molar-refractivity contribution is 9.10. The molecular formula is C15H11BrClFN2O4S. The summed E-state index contributed by atoms with van der Waals surface area (Å²) in [4.78, 5) is 11.5. The van der Waals surface area contributed by atoms with Crippen LogP contribution in [0.2, 0.25) is 5.02 Å². The molecule has 132 valence electrons. The van der Waals surface area contributed by atoms with Crippen molar-refractivity contribution in [2.24, 2.45) is 0 Å². The molecule has 25 heavy (non-hydrogen) atoms. The summed E-state index contributed by atoms with van der Waals surface area (Å²) in [5, 5.41) is 2.56. The van der Waals surface area contributed by atoms with E-state index in [1.165, 1.54) is 18.2 Å². The molecule has 0 bridgehead atoms. The quantitative estimate of drug-likeness (QED) is 0.747. The molecule has 0 spiro atoms. The Kier molecular flexibility index (Phi) is 4.90. The van der Waals surface area contributed by atoms with Crippen LogP contribution in [0, 0.1) is 5.82 Å². The Morgan fingerprint density at radius 2 is 2.04 bits per heavy atom. The van der Waals surface area contributed by atoms with Crippen LogP contribution in [-0.2, 0) is 14.8 Å². The number of carbonyl (C=O) groups is 1. The Balaban J connectivity index is 2.00. The minimum absolute atomic E-state index is 0.0409. The molecule has 6 nitrogen and oxygen atoms in total. The molecule has 3 rings (SSSR count). The lowest BCUT2D eigenvalue weighted by Gasteiger charge is -2.14. The van der Waals surface area contributed by atoms with Gasteiger partial charge in [-0.15, -0.1) is 0 Å². The van der Waals surface area contributed by atoms with E-state index in [-0.39, 0.29) is 44.8 Å². The minimum atomic E-state index is -4.03. The highest BCUT2D eigenvalue weighted by atomic mass is 79.9. The van der Waals surface area contributed by atoms with E-state index in [9.17, 15) is 17.6 Å². The van der Waals surface area contributed by atoms with Crippen molar-refractivity contribution in [1.82, 2.24) is 0 Å². The van der Waals surface area contributed by atoms with E-state index in [1.807, 2.05) is 0 Å². The maximum atomic E-state index is 13.1. The molecule has 0 saturated heterocycles. The van der Waals surface area contributed by atoms with Gasteiger partial charge in [-0.05, 0) is 40.2 Å². The first kappa shape index (κ1) is 18.0. The molecule has 1 aliphatic heterocycles. The maximum absolute atomic E-state index is 13.1. The third-order valence-electron chi connectivity index (χ3n) is 3.36. The first-order valence-corrected chi connectivity index (χ1v) is 9.66. The molecule has 1 aliphatic rings. The van der Waals surface area contributed by atoms with Crippen molar-refractivity contribution in [2.75, 3.05) is 16.6 Å². The van der Waals surface area contributed by atoms with Gasteiger partial charge in [0, 0.05) is 10.5 Å². The number of nitrogens with one attached hydrogen (secondary N) is 2. The van der Waals surface area contributed by atoms with Gasteiger partial charge in [0.25, 0.3) is 10.0 Å². The fourth-order valence-electron chi connectivity index (χ4n) is 2.20. The lowest BCUT2D eigenvalue weighted by Crippen LogP contribution is -2.14. The van der Waals surface area contributed by atoms with Crippen LogP contribution in [0.25, 0.3) is 0 Å². The lowest BCUT2D eigenvalue weighted by atomic mass is 10.3. The molecule has 2 aromatic rings. The fourth-order valence-corrected chi connectivity index (χ4v) is 4.60. The van der Waals surface area contributed by atoms with E-state index in [0.717, 1.165) is 12.1 Å². The molecule has 1 heterocycles. The number of halogens is 3. The minimum Gasteiger partial charge on any atom is -0.491 e. The van der Waals surface area contributed by atoms with Gasteiger partial charge in [0.15, 0.2) is 0 Å². The van der Waals surface area contributed by atoms with Crippen molar-refractivity contribution in [3.8, 4) is 5.75 Å². The van der Waals surface area contributed by atoms with Gasteiger partial charge in [-0.1, -0.05) is 11.6 Å². The van der Waals surface area contributed by atoms with Crippen LogP contribution in [0.15, 0.2) is 39.7 Å². The summed E-state index contributed by atoms with van der Waals surface area (Å²) in [5.41, 5.74) is 0.410. The molecule has 10 heteroatoms. The largest absolute Gasteiger partial charge is 0.491 e. The maximum Gasteiger partial charge on any atom is 0.263 e. The molecule has 0 fully saturated rings. The first-order valence-electron chi connectivity index (χ1n) is 7.00. The molecule has 0 aromatic heterocycles. The molecule has 0 radical (unpaired) electrons. The number of fused-ring (bicyclic) bond motifs is 1. The molecule has 2 N–H and O–H groups in total. The zero-order valence-electron chi connectivity index (χ0n) is 12.5. The van der Waals surface area contributed by atoms with Gasteiger partial charge in [0.2, 0.25) is 5.91 Å². The molecule has 2 aromatic carbocycles. The van der Waals surface area contributed by atoms with Crippen LogP contribution in [0.3, 0.4) is 0 Å². The third kappa shape index (κ3) is 3.88. The van der Waals surface area contributed by atoms with E-state index >= 15 is 0 Å². The highest BCUT2D eigenvalue weighted by Gasteiger charge is 2.24. The molecule has 0 atom stereocenters. The Morgan fingerprint density at radius 3 is 2.76 bits per heavy atom. The smallest absolute Gasteiger partial charge is 0.263 e.